The Bertz CT molecular complexity index is 609. The van der Waals surface area contributed by atoms with Crippen LogP contribution in [0.15, 0.2) is 24.3 Å². The smallest absolute Gasteiger partial charge is 0.352 e. The van der Waals surface area contributed by atoms with Gasteiger partial charge in [-0.2, -0.15) is 18.4 Å². The number of piperidine rings is 1. The minimum Gasteiger partial charge on any atom is -0.352 e. The van der Waals surface area contributed by atoms with Gasteiger partial charge in [0, 0.05) is 26.1 Å². The molecule has 2 atom stereocenters. The first-order chi connectivity index (χ1) is 10.8. The Labute approximate surface area is 132 Å². The van der Waals surface area contributed by atoms with Crippen molar-refractivity contribution < 1.29 is 18.0 Å². The summed E-state index contributed by atoms with van der Waals surface area (Å²) in [5, 5.41) is 11.6. The lowest BCUT2D eigenvalue weighted by Gasteiger charge is -2.40. The number of alkyl halides is 3. The number of nitrogens with zero attached hydrogens (tertiary/aromatic N) is 2. The molecule has 4 nitrogen and oxygen atoms in total. The van der Waals surface area contributed by atoms with Crippen LogP contribution in [-0.4, -0.2) is 35.6 Å². The molecular formula is C16H18F3N3O. The summed E-state index contributed by atoms with van der Waals surface area (Å²) < 4.78 is 39.7. The number of likely N-dealkylation sites (tertiary alicyclic amines) is 1. The third kappa shape index (κ3) is 4.70. The number of rotatable bonds is 3. The van der Waals surface area contributed by atoms with Gasteiger partial charge in [0.25, 0.3) is 0 Å². The summed E-state index contributed by atoms with van der Waals surface area (Å²) in [6.07, 6.45) is -4.06. The first-order valence-corrected chi connectivity index (χ1v) is 7.36. The van der Waals surface area contributed by atoms with E-state index in [2.05, 4.69) is 5.32 Å². The second-order valence-corrected chi connectivity index (χ2v) is 5.77. The van der Waals surface area contributed by atoms with Gasteiger partial charge in [-0.05, 0) is 30.5 Å². The maximum Gasteiger partial charge on any atom is 0.404 e. The van der Waals surface area contributed by atoms with Crippen molar-refractivity contribution in [1.29, 1.82) is 5.26 Å². The fourth-order valence-corrected chi connectivity index (χ4v) is 2.97. The van der Waals surface area contributed by atoms with Crippen LogP contribution in [0.2, 0.25) is 0 Å². The molecule has 0 saturated carbocycles. The highest BCUT2D eigenvalue weighted by atomic mass is 19.4. The number of benzene rings is 1. The summed E-state index contributed by atoms with van der Waals surface area (Å²) in [5.74, 6) is -0.244. The Morgan fingerprint density at radius 2 is 2.17 bits per heavy atom. The van der Waals surface area contributed by atoms with Crippen LogP contribution >= 0.6 is 0 Å². The zero-order chi connectivity index (χ0) is 17.0. The molecule has 1 aliphatic heterocycles. The highest BCUT2D eigenvalue weighted by Crippen LogP contribution is 2.33. The summed E-state index contributed by atoms with van der Waals surface area (Å²) in [4.78, 5) is 12.5. The van der Waals surface area contributed by atoms with E-state index < -0.39 is 12.2 Å². The number of hydrogen-bond donors (Lipinski definition) is 1. The van der Waals surface area contributed by atoms with Crippen LogP contribution in [0.4, 0.5) is 13.2 Å². The Kier molecular flexibility index (Phi) is 5.26. The van der Waals surface area contributed by atoms with Crippen molar-refractivity contribution in [2.24, 2.45) is 0 Å². The number of halogens is 3. The average Bonchev–Trinajstić information content (AvgIpc) is 2.45. The molecule has 1 amide bonds. The molecule has 1 heterocycles. The van der Waals surface area contributed by atoms with E-state index in [9.17, 15) is 18.0 Å². The quantitative estimate of drug-likeness (QED) is 0.929. The zero-order valence-corrected chi connectivity index (χ0v) is 12.7. The molecule has 1 saturated heterocycles. The molecular weight excluding hydrogens is 307 g/mol. The van der Waals surface area contributed by atoms with Gasteiger partial charge < -0.3 is 5.32 Å². The highest BCUT2D eigenvalue weighted by molar-refractivity contribution is 5.73. The number of hydrogen-bond acceptors (Lipinski definition) is 3. The van der Waals surface area contributed by atoms with Gasteiger partial charge in [-0.15, -0.1) is 0 Å². The molecule has 2 rings (SSSR count). The van der Waals surface area contributed by atoms with Gasteiger partial charge in [-0.3, -0.25) is 9.69 Å². The molecule has 0 unspecified atom stereocenters. The van der Waals surface area contributed by atoms with Crippen molar-refractivity contribution in [3.8, 4) is 6.07 Å². The summed E-state index contributed by atoms with van der Waals surface area (Å²) in [7, 11) is 0. The van der Waals surface area contributed by atoms with Crippen molar-refractivity contribution in [3.63, 3.8) is 0 Å². The molecule has 1 aliphatic rings. The fraction of sp³-hybridized carbons (Fsp3) is 0.500. The summed E-state index contributed by atoms with van der Waals surface area (Å²) >= 11 is 0. The van der Waals surface area contributed by atoms with Crippen molar-refractivity contribution in [2.75, 3.05) is 6.54 Å². The van der Waals surface area contributed by atoms with Gasteiger partial charge in [0.15, 0.2) is 0 Å². The van der Waals surface area contributed by atoms with E-state index in [-0.39, 0.29) is 31.5 Å². The lowest BCUT2D eigenvalue weighted by Crippen LogP contribution is -2.55. The van der Waals surface area contributed by atoms with E-state index in [4.69, 9.17) is 5.26 Å². The van der Waals surface area contributed by atoms with Crippen LogP contribution in [0.25, 0.3) is 0 Å². The van der Waals surface area contributed by atoms with E-state index in [1.807, 2.05) is 6.07 Å². The summed E-state index contributed by atoms with van der Waals surface area (Å²) in [6, 6.07) is 6.73. The Morgan fingerprint density at radius 1 is 1.43 bits per heavy atom. The highest BCUT2D eigenvalue weighted by Gasteiger charge is 2.46. The molecule has 0 bridgehead atoms. The van der Waals surface area contributed by atoms with Crippen molar-refractivity contribution >= 4 is 5.91 Å². The van der Waals surface area contributed by atoms with Crippen LogP contribution in [-0.2, 0) is 11.3 Å². The predicted molar refractivity (Wildman–Crippen MR) is 78.2 cm³/mol. The minimum atomic E-state index is -4.31. The second-order valence-electron chi connectivity index (χ2n) is 5.77. The van der Waals surface area contributed by atoms with E-state index >= 15 is 0 Å². The predicted octanol–water partition coefficient (Wildman–Crippen LogP) is 2.59. The van der Waals surface area contributed by atoms with Crippen LogP contribution in [0.3, 0.4) is 0 Å². The molecule has 1 aromatic rings. The molecule has 1 aromatic carbocycles. The van der Waals surface area contributed by atoms with E-state index in [1.54, 1.807) is 24.3 Å². The third-order valence-electron chi connectivity index (χ3n) is 3.91. The molecule has 1 fully saturated rings. The number of carbonyl (C=O) groups excluding carboxylic acids is 1. The normalized spacial score (nSPS) is 22.4. The maximum absolute atomic E-state index is 13.2. The molecule has 124 valence electrons. The summed E-state index contributed by atoms with van der Waals surface area (Å²) in [6.45, 7) is 1.59. The SMILES string of the molecule is CC(=O)N[C@H]1CC[C@H](C(F)(F)F)N(Cc2cccc(C#N)c2)C1. The molecule has 0 radical (unpaired) electrons. The monoisotopic (exact) mass is 325 g/mol. The van der Waals surface area contributed by atoms with Gasteiger partial charge in [0.1, 0.15) is 6.04 Å². The summed E-state index contributed by atoms with van der Waals surface area (Å²) in [5.41, 5.74) is 1.07. The molecule has 1 N–H and O–H groups in total. The zero-order valence-electron chi connectivity index (χ0n) is 12.7. The van der Waals surface area contributed by atoms with Gasteiger partial charge in [-0.25, -0.2) is 0 Å². The topological polar surface area (TPSA) is 56.1 Å². The standard InChI is InChI=1S/C16H18F3N3O/c1-11(23)21-14-5-6-15(16(17,18)19)22(10-14)9-13-4-2-3-12(7-13)8-20/h2-4,7,14-15H,5-6,9-10H2,1H3,(H,21,23)/t14-,15+/m0/s1. The molecule has 0 aliphatic carbocycles. The Hall–Kier alpha value is -2.07. The minimum absolute atomic E-state index is 0.0492. The Balaban J connectivity index is 2.17. The molecule has 0 aromatic heterocycles. The molecule has 23 heavy (non-hydrogen) atoms. The molecule has 7 heteroatoms. The van der Waals surface area contributed by atoms with Gasteiger partial charge in [0.05, 0.1) is 11.6 Å². The molecule has 0 spiro atoms. The average molecular weight is 325 g/mol. The van der Waals surface area contributed by atoms with E-state index in [1.165, 1.54) is 11.8 Å². The number of nitriles is 1. The van der Waals surface area contributed by atoms with Gasteiger partial charge in [0.2, 0.25) is 5.91 Å². The maximum atomic E-state index is 13.2. The lowest BCUT2D eigenvalue weighted by molar-refractivity contribution is -0.194. The largest absolute Gasteiger partial charge is 0.404 e. The Morgan fingerprint density at radius 3 is 2.78 bits per heavy atom. The van der Waals surface area contributed by atoms with E-state index in [0.717, 1.165) is 0 Å². The van der Waals surface area contributed by atoms with E-state index in [0.29, 0.717) is 17.5 Å². The van der Waals surface area contributed by atoms with Crippen molar-refractivity contribution in [1.82, 2.24) is 10.2 Å². The van der Waals surface area contributed by atoms with Crippen LogP contribution in [0.1, 0.15) is 30.9 Å². The fourth-order valence-electron chi connectivity index (χ4n) is 2.97. The van der Waals surface area contributed by atoms with Crippen molar-refractivity contribution in [3.05, 3.63) is 35.4 Å². The first-order valence-electron chi connectivity index (χ1n) is 7.36. The number of nitrogens with one attached hydrogen (secondary N) is 1. The van der Waals surface area contributed by atoms with Crippen LogP contribution in [0.5, 0.6) is 0 Å². The van der Waals surface area contributed by atoms with Gasteiger partial charge in [-0.1, -0.05) is 12.1 Å². The number of carbonyl (C=O) groups is 1. The second kappa shape index (κ2) is 7.01. The van der Waals surface area contributed by atoms with Crippen LogP contribution < -0.4 is 5.32 Å². The van der Waals surface area contributed by atoms with Crippen LogP contribution in [0, 0.1) is 11.3 Å². The third-order valence-corrected chi connectivity index (χ3v) is 3.91. The van der Waals surface area contributed by atoms with Crippen molar-refractivity contribution in [2.45, 2.75) is 44.6 Å². The number of amides is 1. The first kappa shape index (κ1) is 17.3. The van der Waals surface area contributed by atoms with Gasteiger partial charge >= 0.3 is 6.18 Å². The lowest BCUT2D eigenvalue weighted by atomic mass is 9.96.